The van der Waals surface area contributed by atoms with Crippen molar-refractivity contribution in [1.29, 1.82) is 0 Å². The standard InChI is InChI=1S/C14H24N2O2/c1-4-16(5-2)10-6-8-12(3)15-14(17)13-9-7-11-18-13/h7,9,11-12H,4-6,8,10H2,1-3H3,(H,15,17). The van der Waals surface area contributed by atoms with E-state index in [1.165, 1.54) is 6.26 Å². The van der Waals surface area contributed by atoms with Crippen molar-refractivity contribution >= 4 is 5.91 Å². The monoisotopic (exact) mass is 252 g/mol. The first-order chi connectivity index (χ1) is 8.67. The Kier molecular flexibility index (Phi) is 6.50. The van der Waals surface area contributed by atoms with E-state index in [0.29, 0.717) is 5.76 Å². The highest BCUT2D eigenvalue weighted by Gasteiger charge is 2.11. The molecule has 1 aromatic rings. The Labute approximate surface area is 109 Å². The molecule has 0 saturated heterocycles. The van der Waals surface area contributed by atoms with Gasteiger partial charge in [0.25, 0.3) is 5.91 Å². The molecule has 4 nitrogen and oxygen atoms in total. The second kappa shape index (κ2) is 7.93. The molecule has 0 aliphatic carbocycles. The SMILES string of the molecule is CCN(CC)CCCC(C)NC(=O)c1ccco1. The number of carbonyl (C=O) groups excluding carboxylic acids is 1. The molecule has 0 saturated carbocycles. The Bertz CT molecular complexity index is 332. The van der Waals surface area contributed by atoms with Gasteiger partial charge < -0.3 is 14.6 Å². The molecule has 18 heavy (non-hydrogen) atoms. The lowest BCUT2D eigenvalue weighted by Gasteiger charge is -2.19. The van der Waals surface area contributed by atoms with Crippen LogP contribution < -0.4 is 5.32 Å². The summed E-state index contributed by atoms with van der Waals surface area (Å²) in [5, 5.41) is 2.94. The predicted molar refractivity (Wildman–Crippen MR) is 72.7 cm³/mol. The largest absolute Gasteiger partial charge is 0.459 e. The molecule has 0 aliphatic heterocycles. The van der Waals surface area contributed by atoms with Crippen molar-refractivity contribution in [1.82, 2.24) is 10.2 Å². The third-order valence-electron chi connectivity index (χ3n) is 3.13. The third kappa shape index (κ3) is 4.92. The van der Waals surface area contributed by atoms with E-state index in [9.17, 15) is 4.79 Å². The summed E-state index contributed by atoms with van der Waals surface area (Å²) in [7, 11) is 0. The molecular formula is C14H24N2O2. The topological polar surface area (TPSA) is 45.5 Å². The number of hydrogen-bond acceptors (Lipinski definition) is 3. The fourth-order valence-corrected chi connectivity index (χ4v) is 1.94. The van der Waals surface area contributed by atoms with E-state index in [1.807, 2.05) is 6.92 Å². The quantitative estimate of drug-likeness (QED) is 0.773. The van der Waals surface area contributed by atoms with Crippen molar-refractivity contribution in [3.8, 4) is 0 Å². The highest BCUT2D eigenvalue weighted by molar-refractivity contribution is 5.91. The molecule has 0 aliphatic rings. The summed E-state index contributed by atoms with van der Waals surface area (Å²) in [5.41, 5.74) is 0. The number of nitrogens with zero attached hydrogens (tertiary/aromatic N) is 1. The number of amides is 1. The van der Waals surface area contributed by atoms with Crippen LogP contribution in [-0.2, 0) is 0 Å². The van der Waals surface area contributed by atoms with Crippen LogP contribution in [0.25, 0.3) is 0 Å². The minimum Gasteiger partial charge on any atom is -0.459 e. The zero-order valence-electron chi connectivity index (χ0n) is 11.6. The van der Waals surface area contributed by atoms with Crippen molar-refractivity contribution in [3.05, 3.63) is 24.2 Å². The Morgan fingerprint density at radius 2 is 2.17 bits per heavy atom. The zero-order chi connectivity index (χ0) is 13.4. The van der Waals surface area contributed by atoms with Crippen molar-refractivity contribution in [2.75, 3.05) is 19.6 Å². The maximum Gasteiger partial charge on any atom is 0.287 e. The van der Waals surface area contributed by atoms with Gasteiger partial charge in [-0.1, -0.05) is 13.8 Å². The molecule has 102 valence electrons. The third-order valence-corrected chi connectivity index (χ3v) is 3.13. The van der Waals surface area contributed by atoms with E-state index in [0.717, 1.165) is 32.5 Å². The van der Waals surface area contributed by atoms with Crippen LogP contribution in [0.1, 0.15) is 44.2 Å². The summed E-state index contributed by atoms with van der Waals surface area (Å²) in [5.74, 6) is 0.251. The van der Waals surface area contributed by atoms with E-state index in [-0.39, 0.29) is 11.9 Å². The first kappa shape index (κ1) is 14.8. The van der Waals surface area contributed by atoms with E-state index in [2.05, 4.69) is 24.1 Å². The van der Waals surface area contributed by atoms with Gasteiger partial charge in [-0.2, -0.15) is 0 Å². The molecule has 1 aromatic heterocycles. The first-order valence-corrected chi connectivity index (χ1v) is 6.74. The highest BCUT2D eigenvalue weighted by Crippen LogP contribution is 2.03. The maximum atomic E-state index is 11.7. The van der Waals surface area contributed by atoms with Crippen molar-refractivity contribution in [3.63, 3.8) is 0 Å². The van der Waals surface area contributed by atoms with Gasteiger partial charge in [-0.15, -0.1) is 0 Å². The smallest absolute Gasteiger partial charge is 0.287 e. The first-order valence-electron chi connectivity index (χ1n) is 6.74. The van der Waals surface area contributed by atoms with E-state index >= 15 is 0 Å². The van der Waals surface area contributed by atoms with E-state index < -0.39 is 0 Å². The molecule has 1 N–H and O–H groups in total. The van der Waals surface area contributed by atoms with Crippen LogP contribution in [-0.4, -0.2) is 36.5 Å². The number of carbonyl (C=O) groups is 1. The van der Waals surface area contributed by atoms with Crippen LogP contribution in [0.4, 0.5) is 0 Å². The summed E-state index contributed by atoms with van der Waals surface area (Å²) < 4.78 is 5.05. The Hall–Kier alpha value is -1.29. The van der Waals surface area contributed by atoms with Crippen LogP contribution in [0.2, 0.25) is 0 Å². The van der Waals surface area contributed by atoms with Crippen molar-refractivity contribution in [2.24, 2.45) is 0 Å². The van der Waals surface area contributed by atoms with Crippen molar-refractivity contribution in [2.45, 2.75) is 39.7 Å². The number of hydrogen-bond donors (Lipinski definition) is 1. The maximum absolute atomic E-state index is 11.7. The number of furan rings is 1. The number of nitrogens with one attached hydrogen (secondary N) is 1. The summed E-state index contributed by atoms with van der Waals surface area (Å²) >= 11 is 0. The molecule has 1 rings (SSSR count). The Balaban J connectivity index is 2.21. The van der Waals surface area contributed by atoms with Gasteiger partial charge in [0.2, 0.25) is 0 Å². The lowest BCUT2D eigenvalue weighted by Crippen LogP contribution is -2.33. The van der Waals surface area contributed by atoms with Gasteiger partial charge in [0.05, 0.1) is 6.26 Å². The van der Waals surface area contributed by atoms with Crippen LogP contribution in [0, 0.1) is 0 Å². The molecular weight excluding hydrogens is 228 g/mol. The number of rotatable bonds is 8. The molecule has 1 atom stereocenters. The minimum atomic E-state index is -0.129. The van der Waals surface area contributed by atoms with E-state index in [1.54, 1.807) is 12.1 Å². The van der Waals surface area contributed by atoms with Gasteiger partial charge in [0.15, 0.2) is 5.76 Å². The van der Waals surface area contributed by atoms with Gasteiger partial charge in [-0.3, -0.25) is 4.79 Å². The fourth-order valence-electron chi connectivity index (χ4n) is 1.94. The van der Waals surface area contributed by atoms with Crippen LogP contribution >= 0.6 is 0 Å². The minimum absolute atomic E-state index is 0.129. The van der Waals surface area contributed by atoms with Crippen molar-refractivity contribution < 1.29 is 9.21 Å². The van der Waals surface area contributed by atoms with Gasteiger partial charge >= 0.3 is 0 Å². The summed E-state index contributed by atoms with van der Waals surface area (Å²) in [6, 6.07) is 3.58. The average Bonchev–Trinajstić information content (AvgIpc) is 2.88. The fraction of sp³-hybridized carbons (Fsp3) is 0.643. The summed E-state index contributed by atoms with van der Waals surface area (Å²) in [6.45, 7) is 9.64. The van der Waals surface area contributed by atoms with Gasteiger partial charge in [0.1, 0.15) is 0 Å². The van der Waals surface area contributed by atoms with Crippen LogP contribution in [0.15, 0.2) is 22.8 Å². The van der Waals surface area contributed by atoms with Crippen LogP contribution in [0.3, 0.4) is 0 Å². The Morgan fingerprint density at radius 1 is 1.44 bits per heavy atom. The molecule has 1 amide bonds. The van der Waals surface area contributed by atoms with Gasteiger partial charge in [-0.05, 0) is 51.5 Å². The van der Waals surface area contributed by atoms with E-state index in [4.69, 9.17) is 4.42 Å². The predicted octanol–water partition coefficient (Wildman–Crippen LogP) is 2.52. The second-order valence-corrected chi connectivity index (χ2v) is 4.52. The summed E-state index contributed by atoms with van der Waals surface area (Å²) in [4.78, 5) is 14.1. The van der Waals surface area contributed by atoms with Gasteiger partial charge in [-0.25, -0.2) is 0 Å². The second-order valence-electron chi connectivity index (χ2n) is 4.52. The summed E-state index contributed by atoms with van der Waals surface area (Å²) in [6.07, 6.45) is 3.60. The molecule has 4 heteroatoms. The highest BCUT2D eigenvalue weighted by atomic mass is 16.3. The molecule has 1 unspecified atom stereocenters. The zero-order valence-corrected chi connectivity index (χ0v) is 11.6. The molecule has 0 bridgehead atoms. The average molecular weight is 252 g/mol. The normalized spacial score (nSPS) is 12.7. The molecule has 0 spiro atoms. The lowest BCUT2D eigenvalue weighted by atomic mass is 10.1. The molecule has 0 aromatic carbocycles. The molecule has 0 radical (unpaired) electrons. The molecule has 0 fully saturated rings. The lowest BCUT2D eigenvalue weighted by molar-refractivity contribution is 0.0909. The molecule has 1 heterocycles. The Morgan fingerprint density at radius 3 is 2.72 bits per heavy atom. The van der Waals surface area contributed by atoms with Crippen LogP contribution in [0.5, 0.6) is 0 Å². The van der Waals surface area contributed by atoms with Gasteiger partial charge in [0, 0.05) is 6.04 Å².